The van der Waals surface area contributed by atoms with Gasteiger partial charge in [-0.1, -0.05) is 17.3 Å². The van der Waals surface area contributed by atoms with Crippen molar-refractivity contribution in [3.8, 4) is 0 Å². The van der Waals surface area contributed by atoms with Gasteiger partial charge in [0.2, 0.25) is 5.91 Å². The number of aliphatic carboxylic acids is 1. The van der Waals surface area contributed by atoms with Crippen LogP contribution in [0.1, 0.15) is 41.8 Å². The van der Waals surface area contributed by atoms with Crippen molar-refractivity contribution < 1.29 is 19.2 Å². The number of nitrogens with zero attached hydrogens (tertiary/aromatic N) is 1. The highest BCUT2D eigenvalue weighted by molar-refractivity contribution is 5.91. The zero-order valence-corrected chi connectivity index (χ0v) is 13.4. The summed E-state index contributed by atoms with van der Waals surface area (Å²) in [6.45, 7) is 5.28. The maximum absolute atomic E-state index is 12.1. The number of nitrogens with one attached hydrogen (secondary N) is 1. The number of anilines is 1. The molecule has 0 fully saturated rings. The zero-order valence-electron chi connectivity index (χ0n) is 13.4. The number of benzene rings is 1. The van der Waals surface area contributed by atoms with Crippen molar-refractivity contribution in [3.05, 3.63) is 46.8 Å². The van der Waals surface area contributed by atoms with Crippen LogP contribution in [0.2, 0.25) is 0 Å². The second kappa shape index (κ2) is 7.09. The van der Waals surface area contributed by atoms with Gasteiger partial charge in [0.15, 0.2) is 0 Å². The van der Waals surface area contributed by atoms with Crippen LogP contribution in [0, 0.1) is 13.8 Å². The average Bonchev–Trinajstić information content (AvgIpc) is 2.83. The van der Waals surface area contributed by atoms with Crippen LogP contribution in [0.4, 0.5) is 5.69 Å². The summed E-state index contributed by atoms with van der Waals surface area (Å²) in [6, 6.07) is 6.90. The van der Waals surface area contributed by atoms with E-state index >= 15 is 0 Å². The van der Waals surface area contributed by atoms with Gasteiger partial charge in [-0.3, -0.25) is 9.59 Å². The molecular formula is C17H20N2O4. The minimum atomic E-state index is -0.896. The lowest BCUT2D eigenvalue weighted by Crippen LogP contribution is -2.13. The molecule has 0 aliphatic rings. The molecule has 1 heterocycles. The van der Waals surface area contributed by atoms with E-state index in [1.54, 1.807) is 31.2 Å². The summed E-state index contributed by atoms with van der Waals surface area (Å²) in [5, 5.41) is 15.7. The van der Waals surface area contributed by atoms with Crippen LogP contribution >= 0.6 is 0 Å². The Morgan fingerprint density at radius 2 is 2.09 bits per heavy atom. The third-order valence-corrected chi connectivity index (χ3v) is 3.82. The number of aryl methyl sites for hydroxylation is 2. The summed E-state index contributed by atoms with van der Waals surface area (Å²) < 4.78 is 5.07. The van der Waals surface area contributed by atoms with Crippen molar-refractivity contribution in [1.29, 1.82) is 0 Å². The Morgan fingerprint density at radius 1 is 1.35 bits per heavy atom. The highest BCUT2D eigenvalue weighted by Gasteiger charge is 2.15. The zero-order chi connectivity index (χ0) is 17.0. The summed E-state index contributed by atoms with van der Waals surface area (Å²) >= 11 is 0. The van der Waals surface area contributed by atoms with Gasteiger partial charge < -0.3 is 14.9 Å². The SMILES string of the molecule is Cc1noc(C)c1CCC(=O)Nc1cccc(C(C)C(=O)O)c1. The second-order valence-corrected chi connectivity index (χ2v) is 5.54. The summed E-state index contributed by atoms with van der Waals surface area (Å²) in [5.74, 6) is -0.918. The van der Waals surface area contributed by atoms with E-state index in [2.05, 4.69) is 10.5 Å². The van der Waals surface area contributed by atoms with Gasteiger partial charge in [0, 0.05) is 17.7 Å². The van der Waals surface area contributed by atoms with Crippen molar-refractivity contribution in [2.24, 2.45) is 0 Å². The monoisotopic (exact) mass is 316 g/mol. The number of aromatic nitrogens is 1. The molecule has 1 aromatic heterocycles. The van der Waals surface area contributed by atoms with Crippen LogP contribution < -0.4 is 5.32 Å². The average molecular weight is 316 g/mol. The number of carboxylic acids is 1. The van der Waals surface area contributed by atoms with E-state index in [9.17, 15) is 9.59 Å². The number of carbonyl (C=O) groups excluding carboxylic acids is 1. The number of hydrogen-bond acceptors (Lipinski definition) is 4. The third kappa shape index (κ3) is 4.18. The van der Waals surface area contributed by atoms with Gasteiger partial charge in [-0.25, -0.2) is 0 Å². The molecule has 0 bridgehead atoms. The van der Waals surface area contributed by atoms with Crippen LogP contribution in [-0.2, 0) is 16.0 Å². The topological polar surface area (TPSA) is 92.4 Å². The van der Waals surface area contributed by atoms with Crippen LogP contribution in [0.5, 0.6) is 0 Å². The predicted molar refractivity (Wildman–Crippen MR) is 85.4 cm³/mol. The Balaban J connectivity index is 1.98. The van der Waals surface area contributed by atoms with Crippen molar-refractivity contribution in [2.75, 3.05) is 5.32 Å². The third-order valence-electron chi connectivity index (χ3n) is 3.82. The first-order valence-electron chi connectivity index (χ1n) is 7.43. The van der Waals surface area contributed by atoms with Gasteiger partial charge in [0.1, 0.15) is 5.76 Å². The molecular weight excluding hydrogens is 296 g/mol. The minimum Gasteiger partial charge on any atom is -0.481 e. The van der Waals surface area contributed by atoms with Crippen molar-refractivity contribution in [1.82, 2.24) is 5.16 Å². The molecule has 0 aliphatic heterocycles. The van der Waals surface area contributed by atoms with E-state index in [0.717, 1.165) is 17.0 Å². The maximum atomic E-state index is 12.1. The molecule has 6 heteroatoms. The van der Waals surface area contributed by atoms with Gasteiger partial charge in [-0.2, -0.15) is 0 Å². The van der Waals surface area contributed by atoms with Crippen molar-refractivity contribution >= 4 is 17.6 Å². The lowest BCUT2D eigenvalue weighted by atomic mass is 10.0. The standard InChI is InChI=1S/C17H20N2O4/c1-10(17(21)22)13-5-4-6-14(9-13)18-16(20)8-7-15-11(2)19-23-12(15)3/h4-6,9-10H,7-8H2,1-3H3,(H,18,20)(H,21,22). The van der Waals surface area contributed by atoms with Crippen molar-refractivity contribution in [2.45, 2.75) is 39.5 Å². The second-order valence-electron chi connectivity index (χ2n) is 5.54. The molecule has 2 rings (SSSR count). The van der Waals surface area contributed by atoms with Crippen LogP contribution in [0.15, 0.2) is 28.8 Å². The number of rotatable bonds is 6. The molecule has 1 amide bonds. The molecule has 2 N–H and O–H groups in total. The lowest BCUT2D eigenvalue weighted by Gasteiger charge is -2.10. The Morgan fingerprint density at radius 3 is 2.70 bits per heavy atom. The Kier molecular flexibility index (Phi) is 5.16. The molecule has 0 saturated heterocycles. The fraction of sp³-hybridized carbons (Fsp3) is 0.353. The van der Waals surface area contributed by atoms with E-state index < -0.39 is 11.9 Å². The van der Waals surface area contributed by atoms with Crippen LogP contribution in [-0.4, -0.2) is 22.1 Å². The highest BCUT2D eigenvalue weighted by Crippen LogP contribution is 2.20. The maximum Gasteiger partial charge on any atom is 0.310 e. The van der Waals surface area contributed by atoms with Crippen LogP contribution in [0.25, 0.3) is 0 Å². The molecule has 1 unspecified atom stereocenters. The molecule has 0 aliphatic carbocycles. The summed E-state index contributed by atoms with van der Waals surface area (Å²) in [4.78, 5) is 23.1. The van der Waals surface area contributed by atoms with Gasteiger partial charge in [-0.15, -0.1) is 0 Å². The Bertz CT molecular complexity index is 702. The van der Waals surface area contributed by atoms with Crippen molar-refractivity contribution in [3.63, 3.8) is 0 Å². The largest absolute Gasteiger partial charge is 0.481 e. The fourth-order valence-electron chi connectivity index (χ4n) is 2.35. The molecule has 6 nitrogen and oxygen atoms in total. The van der Waals surface area contributed by atoms with Gasteiger partial charge in [0.25, 0.3) is 0 Å². The molecule has 122 valence electrons. The molecule has 1 atom stereocenters. The molecule has 0 radical (unpaired) electrons. The van der Waals surface area contributed by atoms with E-state index in [0.29, 0.717) is 24.1 Å². The smallest absolute Gasteiger partial charge is 0.310 e. The van der Waals surface area contributed by atoms with E-state index in [-0.39, 0.29) is 5.91 Å². The first-order valence-corrected chi connectivity index (χ1v) is 7.43. The number of carboxylic acid groups (broad SMARTS) is 1. The van der Waals surface area contributed by atoms with E-state index in [1.807, 2.05) is 13.8 Å². The minimum absolute atomic E-state index is 0.134. The lowest BCUT2D eigenvalue weighted by molar-refractivity contribution is -0.138. The van der Waals surface area contributed by atoms with Gasteiger partial charge in [-0.05, 0) is 44.9 Å². The number of amides is 1. The summed E-state index contributed by atoms with van der Waals surface area (Å²) in [6.07, 6.45) is 0.861. The molecule has 1 aromatic carbocycles. The molecule has 0 saturated carbocycles. The highest BCUT2D eigenvalue weighted by atomic mass is 16.5. The van der Waals surface area contributed by atoms with Crippen LogP contribution in [0.3, 0.4) is 0 Å². The van der Waals surface area contributed by atoms with E-state index in [4.69, 9.17) is 9.63 Å². The van der Waals surface area contributed by atoms with Gasteiger partial charge >= 0.3 is 5.97 Å². The molecule has 23 heavy (non-hydrogen) atoms. The number of hydrogen-bond donors (Lipinski definition) is 2. The summed E-state index contributed by atoms with van der Waals surface area (Å²) in [5.41, 5.74) is 3.00. The Hall–Kier alpha value is -2.63. The summed E-state index contributed by atoms with van der Waals surface area (Å²) in [7, 11) is 0. The molecule has 2 aromatic rings. The first kappa shape index (κ1) is 16.7. The normalized spacial score (nSPS) is 12.0. The fourth-order valence-corrected chi connectivity index (χ4v) is 2.35. The first-order chi connectivity index (χ1) is 10.9. The number of carbonyl (C=O) groups is 2. The van der Waals surface area contributed by atoms with Gasteiger partial charge in [0.05, 0.1) is 11.6 Å². The Labute approximate surface area is 134 Å². The van der Waals surface area contributed by atoms with E-state index in [1.165, 1.54) is 0 Å². The predicted octanol–water partition coefficient (Wildman–Crippen LogP) is 3.05. The molecule has 0 spiro atoms. The quantitative estimate of drug-likeness (QED) is 0.854.